The van der Waals surface area contributed by atoms with Gasteiger partial charge in [-0.1, -0.05) is 18.2 Å². The van der Waals surface area contributed by atoms with Gasteiger partial charge in [-0.2, -0.15) is 5.10 Å². The minimum atomic E-state index is 0.390. The Morgan fingerprint density at radius 2 is 2.16 bits per heavy atom. The number of nitrogens with one attached hydrogen (secondary N) is 1. The predicted octanol–water partition coefficient (Wildman–Crippen LogP) is 2.71. The third-order valence-electron chi connectivity index (χ3n) is 3.66. The van der Waals surface area contributed by atoms with Gasteiger partial charge in [-0.25, -0.2) is 4.68 Å². The van der Waals surface area contributed by atoms with Crippen molar-refractivity contribution in [2.24, 2.45) is 5.92 Å². The van der Waals surface area contributed by atoms with Crippen molar-refractivity contribution in [1.29, 1.82) is 0 Å². The van der Waals surface area contributed by atoms with Crippen LogP contribution in [0.2, 0.25) is 0 Å². The molecule has 0 aliphatic carbocycles. The van der Waals surface area contributed by atoms with E-state index in [0.29, 0.717) is 12.0 Å². The topological polar surface area (TPSA) is 39.1 Å². The van der Waals surface area contributed by atoms with Crippen LogP contribution in [0.1, 0.15) is 13.3 Å². The Labute approximate surface area is 113 Å². The van der Waals surface area contributed by atoms with Gasteiger partial charge >= 0.3 is 0 Å². The van der Waals surface area contributed by atoms with Gasteiger partial charge in [0.25, 0.3) is 0 Å². The maximum absolute atomic E-state index is 5.42. The van der Waals surface area contributed by atoms with Crippen molar-refractivity contribution < 1.29 is 4.74 Å². The number of aromatic nitrogens is 2. The number of hydrogen-bond acceptors (Lipinski definition) is 3. The summed E-state index contributed by atoms with van der Waals surface area (Å²) in [4.78, 5) is 0. The van der Waals surface area contributed by atoms with Crippen LogP contribution in [0.15, 0.2) is 42.6 Å². The average molecular weight is 257 g/mol. The lowest BCUT2D eigenvalue weighted by atomic mass is 10.0. The quantitative estimate of drug-likeness (QED) is 0.915. The van der Waals surface area contributed by atoms with Gasteiger partial charge in [0.1, 0.15) is 5.82 Å². The molecule has 100 valence electrons. The lowest BCUT2D eigenvalue weighted by Gasteiger charge is -2.18. The maximum Gasteiger partial charge on any atom is 0.148 e. The van der Waals surface area contributed by atoms with E-state index >= 15 is 0 Å². The summed E-state index contributed by atoms with van der Waals surface area (Å²) in [5.41, 5.74) is 1.08. The predicted molar refractivity (Wildman–Crippen MR) is 75.6 cm³/mol. The van der Waals surface area contributed by atoms with Crippen LogP contribution in [-0.4, -0.2) is 29.0 Å². The molecule has 1 aromatic carbocycles. The molecule has 1 aliphatic heterocycles. The van der Waals surface area contributed by atoms with Crippen LogP contribution in [-0.2, 0) is 4.74 Å². The maximum atomic E-state index is 5.42. The standard InChI is InChI=1S/C15H19N3O/c1-12(13-8-10-19-11-13)16-15-7-9-18(17-15)14-5-3-2-4-6-14/h2-7,9,12-13H,8,10-11H2,1H3,(H,16,17)/t12-,13-/m1/s1. The zero-order valence-corrected chi connectivity index (χ0v) is 11.1. The summed E-state index contributed by atoms with van der Waals surface area (Å²) in [6.07, 6.45) is 3.11. The number of hydrogen-bond donors (Lipinski definition) is 1. The molecule has 1 N–H and O–H groups in total. The molecule has 3 rings (SSSR count). The molecule has 1 aliphatic rings. The molecule has 1 fully saturated rings. The van der Waals surface area contributed by atoms with Crippen LogP contribution < -0.4 is 5.32 Å². The summed E-state index contributed by atoms with van der Waals surface area (Å²) in [6.45, 7) is 3.93. The zero-order valence-electron chi connectivity index (χ0n) is 11.1. The summed E-state index contributed by atoms with van der Waals surface area (Å²) in [5, 5.41) is 8.02. The molecule has 4 nitrogen and oxygen atoms in total. The van der Waals surface area contributed by atoms with Crippen molar-refractivity contribution >= 4 is 5.82 Å². The molecule has 0 amide bonds. The van der Waals surface area contributed by atoms with Crippen molar-refractivity contribution in [1.82, 2.24) is 9.78 Å². The lowest BCUT2D eigenvalue weighted by molar-refractivity contribution is 0.183. The molecular formula is C15H19N3O. The van der Waals surface area contributed by atoms with Crippen LogP contribution in [0.5, 0.6) is 0 Å². The van der Waals surface area contributed by atoms with Crippen LogP contribution >= 0.6 is 0 Å². The first kappa shape index (κ1) is 12.2. The summed E-state index contributed by atoms with van der Waals surface area (Å²) in [7, 11) is 0. The second-order valence-electron chi connectivity index (χ2n) is 5.04. The van der Waals surface area contributed by atoms with Crippen LogP contribution in [0, 0.1) is 5.92 Å². The third kappa shape index (κ3) is 2.79. The molecule has 2 heterocycles. The van der Waals surface area contributed by atoms with Crippen LogP contribution in [0.3, 0.4) is 0 Å². The first-order valence-corrected chi connectivity index (χ1v) is 6.78. The van der Waals surface area contributed by atoms with Crippen molar-refractivity contribution in [2.75, 3.05) is 18.5 Å². The van der Waals surface area contributed by atoms with E-state index in [1.807, 2.05) is 47.3 Å². The Hall–Kier alpha value is -1.81. The van der Waals surface area contributed by atoms with E-state index in [4.69, 9.17) is 4.74 Å². The lowest BCUT2D eigenvalue weighted by Crippen LogP contribution is -2.26. The highest BCUT2D eigenvalue weighted by Gasteiger charge is 2.22. The molecule has 19 heavy (non-hydrogen) atoms. The summed E-state index contributed by atoms with van der Waals surface area (Å²) >= 11 is 0. The average Bonchev–Trinajstić information content (AvgIpc) is 3.11. The highest BCUT2D eigenvalue weighted by molar-refractivity contribution is 5.38. The fourth-order valence-electron chi connectivity index (χ4n) is 2.42. The highest BCUT2D eigenvalue weighted by atomic mass is 16.5. The van der Waals surface area contributed by atoms with Gasteiger partial charge in [0.2, 0.25) is 0 Å². The van der Waals surface area contributed by atoms with E-state index in [-0.39, 0.29) is 0 Å². The Kier molecular flexibility index (Phi) is 3.51. The van der Waals surface area contributed by atoms with Gasteiger partial charge in [-0.15, -0.1) is 0 Å². The minimum absolute atomic E-state index is 0.390. The van der Waals surface area contributed by atoms with Crippen molar-refractivity contribution in [2.45, 2.75) is 19.4 Å². The fraction of sp³-hybridized carbons (Fsp3) is 0.400. The summed E-state index contributed by atoms with van der Waals surface area (Å²) in [6, 6.07) is 12.5. The van der Waals surface area contributed by atoms with Crippen molar-refractivity contribution in [3.05, 3.63) is 42.6 Å². The monoisotopic (exact) mass is 257 g/mol. The van der Waals surface area contributed by atoms with Gasteiger partial charge in [0, 0.05) is 30.8 Å². The first-order chi connectivity index (χ1) is 9.33. The molecule has 0 radical (unpaired) electrons. The molecule has 2 aromatic rings. The molecule has 0 spiro atoms. The largest absolute Gasteiger partial charge is 0.381 e. The van der Waals surface area contributed by atoms with Gasteiger partial charge in [-0.05, 0) is 25.5 Å². The Bertz CT molecular complexity index is 517. The molecule has 0 saturated carbocycles. The molecule has 4 heteroatoms. The van der Waals surface area contributed by atoms with E-state index in [1.165, 1.54) is 0 Å². The van der Waals surface area contributed by atoms with E-state index in [1.54, 1.807) is 0 Å². The number of nitrogens with zero attached hydrogens (tertiary/aromatic N) is 2. The van der Waals surface area contributed by atoms with E-state index in [2.05, 4.69) is 17.3 Å². The summed E-state index contributed by atoms with van der Waals surface area (Å²) < 4.78 is 7.31. The highest BCUT2D eigenvalue weighted by Crippen LogP contribution is 2.20. The Morgan fingerprint density at radius 3 is 2.89 bits per heavy atom. The van der Waals surface area contributed by atoms with Crippen molar-refractivity contribution in [3.8, 4) is 5.69 Å². The zero-order chi connectivity index (χ0) is 13.1. The third-order valence-corrected chi connectivity index (χ3v) is 3.66. The van der Waals surface area contributed by atoms with Gasteiger partial charge in [0.15, 0.2) is 0 Å². The summed E-state index contributed by atoms with van der Waals surface area (Å²) in [5.74, 6) is 1.50. The number of benzene rings is 1. The molecule has 1 aromatic heterocycles. The number of para-hydroxylation sites is 1. The van der Waals surface area contributed by atoms with Gasteiger partial charge < -0.3 is 10.1 Å². The molecule has 0 bridgehead atoms. The van der Waals surface area contributed by atoms with E-state index in [0.717, 1.165) is 31.1 Å². The molecular weight excluding hydrogens is 238 g/mol. The second kappa shape index (κ2) is 5.45. The Balaban J connectivity index is 1.68. The number of rotatable bonds is 4. The first-order valence-electron chi connectivity index (χ1n) is 6.78. The molecule has 2 atom stereocenters. The van der Waals surface area contributed by atoms with Crippen molar-refractivity contribution in [3.63, 3.8) is 0 Å². The van der Waals surface area contributed by atoms with E-state index < -0.39 is 0 Å². The van der Waals surface area contributed by atoms with Crippen LogP contribution in [0.25, 0.3) is 5.69 Å². The van der Waals surface area contributed by atoms with E-state index in [9.17, 15) is 0 Å². The Morgan fingerprint density at radius 1 is 1.32 bits per heavy atom. The SMILES string of the molecule is C[C@@H](Nc1ccn(-c2ccccc2)n1)[C@@H]1CCOC1. The second-order valence-corrected chi connectivity index (χ2v) is 5.04. The number of ether oxygens (including phenoxy) is 1. The smallest absolute Gasteiger partial charge is 0.148 e. The normalized spacial score (nSPS) is 20.4. The van der Waals surface area contributed by atoms with Gasteiger partial charge in [-0.3, -0.25) is 0 Å². The minimum Gasteiger partial charge on any atom is -0.381 e. The number of anilines is 1. The molecule has 0 unspecified atom stereocenters. The van der Waals surface area contributed by atoms with Crippen LogP contribution in [0.4, 0.5) is 5.82 Å². The molecule has 1 saturated heterocycles. The fourth-order valence-corrected chi connectivity index (χ4v) is 2.42. The van der Waals surface area contributed by atoms with Gasteiger partial charge in [0.05, 0.1) is 12.3 Å².